The van der Waals surface area contributed by atoms with Crippen molar-refractivity contribution in [1.29, 1.82) is 0 Å². The molecule has 1 fully saturated rings. The summed E-state index contributed by atoms with van der Waals surface area (Å²) in [5, 5.41) is 3.48. The number of carbonyl (C=O) groups is 1. The molecule has 0 aliphatic carbocycles. The number of nitrogens with one attached hydrogen (secondary N) is 1. The number of halogens is 1. The summed E-state index contributed by atoms with van der Waals surface area (Å²) >= 11 is 0. The second-order valence-corrected chi connectivity index (χ2v) is 6.96. The van der Waals surface area contributed by atoms with Crippen molar-refractivity contribution in [2.24, 2.45) is 5.92 Å². The SMILES string of the molecule is CC(C)CC1CNC(C)(C)CN1C(=O)c1ccccc1F. The molecule has 1 saturated heterocycles. The number of benzene rings is 1. The van der Waals surface area contributed by atoms with Crippen molar-refractivity contribution in [3.63, 3.8) is 0 Å². The summed E-state index contributed by atoms with van der Waals surface area (Å²) in [7, 11) is 0. The highest BCUT2D eigenvalue weighted by Crippen LogP contribution is 2.23. The normalized spacial score (nSPS) is 21.6. The van der Waals surface area contributed by atoms with Gasteiger partial charge in [-0.25, -0.2) is 4.39 Å². The molecule has 1 aromatic rings. The molecule has 1 amide bonds. The van der Waals surface area contributed by atoms with Crippen molar-refractivity contribution in [3.05, 3.63) is 35.6 Å². The van der Waals surface area contributed by atoms with Crippen LogP contribution in [0.15, 0.2) is 24.3 Å². The third-order valence-corrected chi connectivity index (χ3v) is 3.93. The molecule has 21 heavy (non-hydrogen) atoms. The second kappa shape index (κ2) is 6.14. The topological polar surface area (TPSA) is 32.3 Å². The highest BCUT2D eigenvalue weighted by molar-refractivity contribution is 5.94. The van der Waals surface area contributed by atoms with Crippen molar-refractivity contribution in [2.45, 2.75) is 45.7 Å². The molecule has 1 aliphatic heterocycles. The fourth-order valence-electron chi connectivity index (χ4n) is 2.90. The number of hydrogen-bond donors (Lipinski definition) is 1. The Labute approximate surface area is 126 Å². The fraction of sp³-hybridized carbons (Fsp3) is 0.588. The van der Waals surface area contributed by atoms with E-state index in [0.29, 0.717) is 12.5 Å². The minimum Gasteiger partial charge on any atom is -0.332 e. The Morgan fingerprint density at radius 3 is 2.71 bits per heavy atom. The molecule has 4 heteroatoms. The molecule has 0 aromatic heterocycles. The van der Waals surface area contributed by atoms with Crippen LogP contribution in [0.3, 0.4) is 0 Å². The molecule has 1 heterocycles. The van der Waals surface area contributed by atoms with Gasteiger partial charge in [0, 0.05) is 24.7 Å². The Kier molecular flexibility index (Phi) is 4.67. The van der Waals surface area contributed by atoms with Crippen molar-refractivity contribution in [2.75, 3.05) is 13.1 Å². The largest absolute Gasteiger partial charge is 0.332 e. The fourth-order valence-corrected chi connectivity index (χ4v) is 2.90. The molecule has 1 aliphatic rings. The molecule has 0 radical (unpaired) electrons. The lowest BCUT2D eigenvalue weighted by Crippen LogP contribution is -2.63. The van der Waals surface area contributed by atoms with Gasteiger partial charge in [-0.05, 0) is 38.3 Å². The summed E-state index contributed by atoms with van der Waals surface area (Å²) < 4.78 is 13.9. The Bertz CT molecular complexity index is 513. The van der Waals surface area contributed by atoms with Crippen LogP contribution in [-0.2, 0) is 0 Å². The number of carbonyl (C=O) groups excluding carboxylic acids is 1. The summed E-state index contributed by atoms with van der Waals surface area (Å²) in [6.45, 7) is 9.78. The van der Waals surface area contributed by atoms with Gasteiger partial charge < -0.3 is 10.2 Å². The van der Waals surface area contributed by atoms with Crippen molar-refractivity contribution in [1.82, 2.24) is 10.2 Å². The summed E-state index contributed by atoms with van der Waals surface area (Å²) in [5.74, 6) is -0.149. The second-order valence-electron chi connectivity index (χ2n) is 6.96. The zero-order valence-corrected chi connectivity index (χ0v) is 13.3. The lowest BCUT2D eigenvalue weighted by Gasteiger charge is -2.45. The maximum absolute atomic E-state index is 13.9. The summed E-state index contributed by atoms with van der Waals surface area (Å²) in [4.78, 5) is 14.6. The summed E-state index contributed by atoms with van der Waals surface area (Å²) in [5.41, 5.74) is 0.0259. The Balaban J connectivity index is 2.27. The van der Waals surface area contributed by atoms with Gasteiger partial charge in [-0.3, -0.25) is 4.79 Å². The zero-order valence-electron chi connectivity index (χ0n) is 13.3. The molecule has 1 N–H and O–H groups in total. The van der Waals surface area contributed by atoms with Crippen LogP contribution in [0.4, 0.5) is 4.39 Å². The van der Waals surface area contributed by atoms with Gasteiger partial charge in [0.2, 0.25) is 0 Å². The van der Waals surface area contributed by atoms with Crippen LogP contribution in [0.5, 0.6) is 0 Å². The van der Waals surface area contributed by atoms with Gasteiger partial charge in [0.1, 0.15) is 5.82 Å². The van der Waals surface area contributed by atoms with Gasteiger partial charge in [0.15, 0.2) is 0 Å². The van der Waals surface area contributed by atoms with Gasteiger partial charge >= 0.3 is 0 Å². The average molecular weight is 292 g/mol. The van der Waals surface area contributed by atoms with E-state index < -0.39 is 5.82 Å². The monoisotopic (exact) mass is 292 g/mol. The lowest BCUT2D eigenvalue weighted by atomic mass is 9.93. The number of nitrogens with zero attached hydrogens (tertiary/aromatic N) is 1. The molecule has 116 valence electrons. The highest BCUT2D eigenvalue weighted by Gasteiger charge is 2.36. The molecular weight excluding hydrogens is 267 g/mol. The first-order chi connectivity index (χ1) is 9.80. The lowest BCUT2D eigenvalue weighted by molar-refractivity contribution is 0.0463. The summed E-state index contributed by atoms with van der Waals surface area (Å²) in [6, 6.07) is 6.35. The minimum absolute atomic E-state index is 0.116. The smallest absolute Gasteiger partial charge is 0.257 e. The minimum atomic E-state index is -0.442. The van der Waals surface area contributed by atoms with E-state index in [1.165, 1.54) is 6.07 Å². The van der Waals surface area contributed by atoms with E-state index in [2.05, 4.69) is 33.0 Å². The third kappa shape index (κ3) is 3.82. The Morgan fingerprint density at radius 1 is 1.43 bits per heavy atom. The van der Waals surface area contributed by atoms with E-state index in [9.17, 15) is 9.18 Å². The van der Waals surface area contributed by atoms with E-state index in [-0.39, 0.29) is 23.1 Å². The van der Waals surface area contributed by atoms with Gasteiger partial charge in [-0.2, -0.15) is 0 Å². The number of rotatable bonds is 3. The van der Waals surface area contributed by atoms with Gasteiger partial charge in [-0.1, -0.05) is 26.0 Å². The first kappa shape index (κ1) is 16.0. The van der Waals surface area contributed by atoms with E-state index in [1.54, 1.807) is 18.2 Å². The summed E-state index contributed by atoms with van der Waals surface area (Å²) in [6.07, 6.45) is 0.920. The van der Waals surface area contributed by atoms with Crippen LogP contribution in [-0.4, -0.2) is 35.5 Å². The van der Waals surface area contributed by atoms with Crippen LogP contribution >= 0.6 is 0 Å². The standard InChI is InChI=1S/C17H25FN2O/c1-12(2)9-13-10-19-17(3,4)11-20(13)16(21)14-7-5-6-8-15(14)18/h5-8,12-13,19H,9-11H2,1-4H3. The highest BCUT2D eigenvalue weighted by atomic mass is 19.1. The average Bonchev–Trinajstić information content (AvgIpc) is 2.40. The number of hydrogen-bond acceptors (Lipinski definition) is 2. The third-order valence-electron chi connectivity index (χ3n) is 3.93. The predicted octanol–water partition coefficient (Wildman–Crippen LogP) is 3.06. The molecule has 0 saturated carbocycles. The molecule has 3 nitrogen and oxygen atoms in total. The number of amides is 1. The van der Waals surface area contributed by atoms with Gasteiger partial charge in [0.25, 0.3) is 5.91 Å². The molecule has 2 rings (SSSR count). The quantitative estimate of drug-likeness (QED) is 0.928. The van der Waals surface area contributed by atoms with Crippen molar-refractivity contribution >= 4 is 5.91 Å². The Morgan fingerprint density at radius 2 is 2.10 bits per heavy atom. The van der Waals surface area contributed by atoms with E-state index in [1.807, 2.05) is 4.90 Å². The van der Waals surface area contributed by atoms with Crippen LogP contribution in [0, 0.1) is 11.7 Å². The maximum atomic E-state index is 13.9. The van der Waals surface area contributed by atoms with E-state index in [0.717, 1.165) is 13.0 Å². The molecule has 1 atom stereocenters. The van der Waals surface area contributed by atoms with Crippen LogP contribution < -0.4 is 5.32 Å². The van der Waals surface area contributed by atoms with Crippen LogP contribution in [0.2, 0.25) is 0 Å². The van der Waals surface area contributed by atoms with Crippen molar-refractivity contribution < 1.29 is 9.18 Å². The zero-order chi connectivity index (χ0) is 15.6. The van der Waals surface area contributed by atoms with Gasteiger partial charge in [0.05, 0.1) is 5.56 Å². The van der Waals surface area contributed by atoms with Crippen LogP contribution in [0.25, 0.3) is 0 Å². The maximum Gasteiger partial charge on any atom is 0.257 e. The molecule has 0 bridgehead atoms. The molecule has 0 spiro atoms. The predicted molar refractivity (Wildman–Crippen MR) is 82.8 cm³/mol. The van der Waals surface area contributed by atoms with E-state index >= 15 is 0 Å². The molecule has 1 unspecified atom stereocenters. The molecular formula is C17H25FN2O. The Hall–Kier alpha value is -1.42. The number of piperazine rings is 1. The van der Waals surface area contributed by atoms with Gasteiger partial charge in [-0.15, -0.1) is 0 Å². The van der Waals surface area contributed by atoms with Crippen LogP contribution in [0.1, 0.15) is 44.5 Å². The van der Waals surface area contributed by atoms with Crippen molar-refractivity contribution in [3.8, 4) is 0 Å². The molecule has 1 aromatic carbocycles. The first-order valence-electron chi connectivity index (χ1n) is 7.61. The van der Waals surface area contributed by atoms with E-state index in [4.69, 9.17) is 0 Å². The first-order valence-corrected chi connectivity index (χ1v) is 7.61.